The van der Waals surface area contributed by atoms with Crippen molar-refractivity contribution in [3.63, 3.8) is 0 Å². The minimum Gasteiger partial charge on any atom is -0.265 e. The van der Waals surface area contributed by atoms with E-state index in [1.165, 1.54) is 0 Å². The summed E-state index contributed by atoms with van der Waals surface area (Å²) in [7, 11) is 1.77. The van der Waals surface area contributed by atoms with Gasteiger partial charge in [-0.3, -0.25) is 4.68 Å². The summed E-state index contributed by atoms with van der Waals surface area (Å²) < 4.78 is 1.61. The van der Waals surface area contributed by atoms with E-state index < -0.39 is 0 Å². The van der Waals surface area contributed by atoms with Gasteiger partial charge in [0.05, 0.1) is 11.6 Å². The zero-order valence-corrected chi connectivity index (χ0v) is 7.63. The molecule has 0 bridgehead atoms. The third-order valence-electron chi connectivity index (χ3n) is 1.58. The molecule has 2 aromatic rings. The fourth-order valence-electron chi connectivity index (χ4n) is 1.02. The molecular weight excluding hydrogens is 199 g/mol. The van der Waals surface area contributed by atoms with Crippen molar-refractivity contribution in [2.45, 2.75) is 0 Å². The molecule has 0 saturated carbocycles. The predicted molar refractivity (Wildman–Crippen MR) is 46.3 cm³/mol. The lowest BCUT2D eigenvalue weighted by molar-refractivity contribution is 0.794. The number of hydrogen-bond donors (Lipinski definition) is 0. The van der Waals surface area contributed by atoms with Crippen molar-refractivity contribution in [1.29, 1.82) is 0 Å². The molecular formula is C6H4Cl2N4. The summed E-state index contributed by atoms with van der Waals surface area (Å²) >= 11 is 11.5. The number of rotatable bonds is 0. The summed E-state index contributed by atoms with van der Waals surface area (Å²) in [5, 5.41) is 12.7. The summed E-state index contributed by atoms with van der Waals surface area (Å²) in [5.41, 5.74) is 0.705. The number of aromatic nitrogens is 4. The lowest BCUT2D eigenvalue weighted by Gasteiger charge is -1.95. The van der Waals surface area contributed by atoms with Gasteiger partial charge in [0.2, 0.25) is 0 Å². The Kier molecular flexibility index (Phi) is 1.66. The minimum absolute atomic E-state index is 0.314. The molecule has 0 amide bonds. The second kappa shape index (κ2) is 2.57. The fourth-order valence-corrected chi connectivity index (χ4v) is 1.46. The van der Waals surface area contributed by atoms with E-state index in [4.69, 9.17) is 23.2 Å². The molecule has 12 heavy (non-hydrogen) atoms. The van der Waals surface area contributed by atoms with Crippen LogP contribution in [-0.4, -0.2) is 20.0 Å². The predicted octanol–water partition coefficient (Wildman–Crippen LogP) is 1.67. The van der Waals surface area contributed by atoms with Crippen molar-refractivity contribution < 1.29 is 0 Å². The highest BCUT2D eigenvalue weighted by Gasteiger charge is 2.09. The molecule has 0 atom stereocenters. The first-order valence-electron chi connectivity index (χ1n) is 3.19. The van der Waals surface area contributed by atoms with Gasteiger partial charge in [0.1, 0.15) is 5.52 Å². The summed E-state index contributed by atoms with van der Waals surface area (Å²) in [5.74, 6) is 0. The molecule has 2 heterocycles. The maximum Gasteiger partial charge on any atom is 0.177 e. The normalized spacial score (nSPS) is 10.9. The molecule has 0 spiro atoms. The Morgan fingerprint density at radius 1 is 1.25 bits per heavy atom. The Morgan fingerprint density at radius 3 is 2.58 bits per heavy atom. The van der Waals surface area contributed by atoms with Crippen LogP contribution in [-0.2, 0) is 7.05 Å². The molecule has 0 aliphatic heterocycles. The Balaban J connectivity index is 2.98. The number of nitrogens with zero attached hydrogens (tertiary/aromatic N) is 4. The molecule has 0 fully saturated rings. The fraction of sp³-hybridized carbons (Fsp3) is 0.167. The van der Waals surface area contributed by atoms with E-state index in [1.54, 1.807) is 17.9 Å². The third-order valence-corrected chi connectivity index (χ3v) is 2.12. The minimum atomic E-state index is 0.314. The van der Waals surface area contributed by atoms with Crippen molar-refractivity contribution >= 4 is 34.1 Å². The quantitative estimate of drug-likeness (QED) is 0.653. The Labute approximate surface area is 78.1 Å². The maximum atomic E-state index is 5.78. The highest BCUT2D eigenvalue weighted by atomic mass is 35.5. The number of aryl methyl sites for hydroxylation is 1. The molecule has 0 aliphatic rings. The SMILES string of the molecule is Cn1ncc2c(Cl)nnc(Cl)c21. The molecule has 62 valence electrons. The van der Waals surface area contributed by atoms with E-state index in [0.717, 1.165) is 5.39 Å². The van der Waals surface area contributed by atoms with E-state index in [1.807, 2.05) is 0 Å². The van der Waals surface area contributed by atoms with Crippen LogP contribution in [0.15, 0.2) is 6.20 Å². The van der Waals surface area contributed by atoms with Gasteiger partial charge in [-0.1, -0.05) is 23.2 Å². The topological polar surface area (TPSA) is 43.6 Å². The smallest absolute Gasteiger partial charge is 0.177 e. The van der Waals surface area contributed by atoms with Gasteiger partial charge in [0, 0.05) is 7.05 Å². The van der Waals surface area contributed by atoms with Gasteiger partial charge < -0.3 is 0 Å². The maximum absolute atomic E-state index is 5.78. The first-order chi connectivity index (χ1) is 5.70. The Hall–Kier alpha value is -0.870. The van der Waals surface area contributed by atoms with Crippen molar-refractivity contribution in [1.82, 2.24) is 20.0 Å². The van der Waals surface area contributed by atoms with Gasteiger partial charge in [0.15, 0.2) is 10.3 Å². The molecule has 2 aromatic heterocycles. The summed E-state index contributed by atoms with van der Waals surface area (Å²) in [4.78, 5) is 0. The van der Waals surface area contributed by atoms with E-state index in [9.17, 15) is 0 Å². The van der Waals surface area contributed by atoms with Gasteiger partial charge in [-0.25, -0.2) is 0 Å². The molecule has 4 nitrogen and oxygen atoms in total. The number of fused-ring (bicyclic) bond motifs is 1. The molecule has 0 radical (unpaired) electrons. The average molecular weight is 203 g/mol. The van der Waals surface area contributed by atoms with Crippen LogP contribution in [0.3, 0.4) is 0 Å². The van der Waals surface area contributed by atoms with Crippen LogP contribution >= 0.6 is 23.2 Å². The first kappa shape index (κ1) is 7.76. The molecule has 0 aromatic carbocycles. The van der Waals surface area contributed by atoms with Crippen LogP contribution in [0.1, 0.15) is 0 Å². The Morgan fingerprint density at radius 2 is 1.92 bits per heavy atom. The molecule has 0 N–H and O–H groups in total. The zero-order chi connectivity index (χ0) is 8.72. The van der Waals surface area contributed by atoms with Gasteiger partial charge >= 0.3 is 0 Å². The molecule has 0 saturated heterocycles. The van der Waals surface area contributed by atoms with Crippen LogP contribution in [0.5, 0.6) is 0 Å². The lowest BCUT2D eigenvalue weighted by Crippen LogP contribution is -1.92. The zero-order valence-electron chi connectivity index (χ0n) is 6.12. The van der Waals surface area contributed by atoms with E-state index in [0.29, 0.717) is 15.8 Å². The van der Waals surface area contributed by atoms with Gasteiger partial charge in [-0.05, 0) is 0 Å². The number of halogens is 2. The van der Waals surface area contributed by atoms with Crippen LogP contribution in [0.25, 0.3) is 10.9 Å². The van der Waals surface area contributed by atoms with E-state index >= 15 is 0 Å². The van der Waals surface area contributed by atoms with Crippen molar-refractivity contribution in [3.8, 4) is 0 Å². The van der Waals surface area contributed by atoms with Gasteiger partial charge in [-0.2, -0.15) is 5.10 Å². The summed E-state index contributed by atoms with van der Waals surface area (Å²) in [6.45, 7) is 0. The van der Waals surface area contributed by atoms with Crippen molar-refractivity contribution in [2.75, 3.05) is 0 Å². The first-order valence-corrected chi connectivity index (χ1v) is 3.95. The Bertz CT molecular complexity index is 436. The summed E-state index contributed by atoms with van der Waals surface area (Å²) in [6.07, 6.45) is 1.61. The molecule has 2 rings (SSSR count). The van der Waals surface area contributed by atoms with Gasteiger partial charge in [-0.15, -0.1) is 10.2 Å². The standard InChI is InChI=1S/C6H4Cl2N4/c1-12-4-3(2-9-12)5(7)10-11-6(4)8/h2H,1H3. The van der Waals surface area contributed by atoms with Crippen LogP contribution in [0, 0.1) is 0 Å². The van der Waals surface area contributed by atoms with Crippen molar-refractivity contribution in [3.05, 3.63) is 16.5 Å². The van der Waals surface area contributed by atoms with Crippen LogP contribution in [0.2, 0.25) is 10.3 Å². The molecule has 0 aliphatic carbocycles. The van der Waals surface area contributed by atoms with Crippen LogP contribution in [0.4, 0.5) is 0 Å². The number of hydrogen-bond acceptors (Lipinski definition) is 3. The largest absolute Gasteiger partial charge is 0.265 e. The van der Waals surface area contributed by atoms with E-state index in [-0.39, 0.29) is 0 Å². The highest BCUT2D eigenvalue weighted by molar-refractivity contribution is 6.37. The lowest BCUT2D eigenvalue weighted by atomic mass is 10.4. The monoisotopic (exact) mass is 202 g/mol. The van der Waals surface area contributed by atoms with Crippen LogP contribution < -0.4 is 0 Å². The van der Waals surface area contributed by atoms with E-state index in [2.05, 4.69) is 15.3 Å². The highest BCUT2D eigenvalue weighted by Crippen LogP contribution is 2.24. The molecule has 6 heteroatoms. The second-order valence-electron chi connectivity index (χ2n) is 2.31. The molecule has 0 unspecified atom stereocenters. The summed E-state index contributed by atoms with van der Waals surface area (Å²) in [6, 6.07) is 0. The average Bonchev–Trinajstić information content (AvgIpc) is 2.42. The second-order valence-corrected chi connectivity index (χ2v) is 3.03. The van der Waals surface area contributed by atoms with Crippen molar-refractivity contribution in [2.24, 2.45) is 7.05 Å². The van der Waals surface area contributed by atoms with Gasteiger partial charge in [0.25, 0.3) is 0 Å². The third kappa shape index (κ3) is 0.956.